The van der Waals surface area contributed by atoms with Crippen LogP contribution in [-0.2, 0) is 6.54 Å². The summed E-state index contributed by atoms with van der Waals surface area (Å²) in [6.07, 6.45) is 0. The smallest absolute Gasteiger partial charge is 0.252 e. The highest BCUT2D eigenvalue weighted by Crippen LogP contribution is 2.18. The number of fused-ring (bicyclic) bond motifs is 1. The van der Waals surface area contributed by atoms with Crippen molar-refractivity contribution in [3.05, 3.63) is 40.2 Å². The zero-order chi connectivity index (χ0) is 12.3. The zero-order valence-electron chi connectivity index (χ0n) is 10.0. The molecule has 1 aromatic heterocycles. The lowest BCUT2D eigenvalue weighted by Crippen LogP contribution is -2.20. The van der Waals surface area contributed by atoms with Gasteiger partial charge < -0.3 is 15.0 Å². The molecule has 4 nitrogen and oxygen atoms in total. The summed E-state index contributed by atoms with van der Waals surface area (Å²) in [5.41, 5.74) is 1.53. The predicted octanol–water partition coefficient (Wildman–Crippen LogP) is 1.65. The Morgan fingerprint density at radius 1 is 1.35 bits per heavy atom. The summed E-state index contributed by atoms with van der Waals surface area (Å²) in [5, 5.41) is 4.13. The highest BCUT2D eigenvalue weighted by molar-refractivity contribution is 5.80. The minimum absolute atomic E-state index is 0.0383. The highest BCUT2D eigenvalue weighted by atomic mass is 16.5. The first-order valence-electron chi connectivity index (χ1n) is 5.65. The van der Waals surface area contributed by atoms with Crippen molar-refractivity contribution < 1.29 is 4.74 Å². The number of rotatable bonds is 4. The summed E-state index contributed by atoms with van der Waals surface area (Å²) in [6, 6.07) is 7.51. The molecule has 0 fully saturated rings. The van der Waals surface area contributed by atoms with E-state index < -0.39 is 0 Å². The molecule has 0 saturated carbocycles. The fourth-order valence-corrected chi connectivity index (χ4v) is 1.75. The molecule has 2 N–H and O–H groups in total. The third-order valence-corrected chi connectivity index (χ3v) is 2.69. The quantitative estimate of drug-likeness (QED) is 0.842. The van der Waals surface area contributed by atoms with Gasteiger partial charge in [-0.1, -0.05) is 6.92 Å². The Labute approximate surface area is 99.6 Å². The normalized spacial score (nSPS) is 10.7. The van der Waals surface area contributed by atoms with Crippen LogP contribution in [0.5, 0.6) is 5.75 Å². The summed E-state index contributed by atoms with van der Waals surface area (Å²) >= 11 is 0. The molecule has 0 atom stereocenters. The van der Waals surface area contributed by atoms with E-state index in [1.54, 1.807) is 7.11 Å². The molecule has 0 aliphatic heterocycles. The Balaban J connectivity index is 2.48. The maximum absolute atomic E-state index is 11.8. The number of pyridine rings is 1. The average molecular weight is 232 g/mol. The second-order valence-electron chi connectivity index (χ2n) is 3.86. The first kappa shape index (κ1) is 11.7. The molecule has 0 amide bonds. The van der Waals surface area contributed by atoms with Crippen molar-refractivity contribution in [2.45, 2.75) is 13.5 Å². The summed E-state index contributed by atoms with van der Waals surface area (Å²) < 4.78 is 5.17. The number of methoxy groups -OCH3 is 1. The fourth-order valence-electron chi connectivity index (χ4n) is 1.75. The number of aromatic nitrogens is 1. The summed E-state index contributed by atoms with van der Waals surface area (Å²) in [5.74, 6) is 0.791. The van der Waals surface area contributed by atoms with Crippen molar-refractivity contribution in [2.75, 3.05) is 13.7 Å². The van der Waals surface area contributed by atoms with Crippen LogP contribution in [-0.4, -0.2) is 18.6 Å². The standard InChI is InChI=1S/C13H16N2O2/c1-3-14-8-10-6-9-7-11(17-2)4-5-12(9)15-13(10)16/h4-7,14H,3,8H2,1-2H3,(H,15,16). The lowest BCUT2D eigenvalue weighted by molar-refractivity contribution is 0.415. The Kier molecular flexibility index (Phi) is 3.44. The van der Waals surface area contributed by atoms with Gasteiger partial charge in [-0.2, -0.15) is 0 Å². The first-order valence-corrected chi connectivity index (χ1v) is 5.65. The van der Waals surface area contributed by atoms with Crippen LogP contribution in [0, 0.1) is 0 Å². The fraction of sp³-hybridized carbons (Fsp3) is 0.308. The molecule has 0 aliphatic carbocycles. The maximum atomic E-state index is 11.8. The molecule has 0 saturated heterocycles. The maximum Gasteiger partial charge on any atom is 0.252 e. The van der Waals surface area contributed by atoms with Crippen LogP contribution in [0.25, 0.3) is 10.9 Å². The van der Waals surface area contributed by atoms with Gasteiger partial charge in [0.2, 0.25) is 0 Å². The molecule has 2 rings (SSSR count). The van der Waals surface area contributed by atoms with Crippen molar-refractivity contribution >= 4 is 10.9 Å². The number of ether oxygens (including phenoxy) is 1. The van der Waals surface area contributed by atoms with Gasteiger partial charge in [-0.05, 0) is 30.8 Å². The van der Waals surface area contributed by atoms with E-state index in [1.165, 1.54) is 0 Å². The molecule has 0 unspecified atom stereocenters. The van der Waals surface area contributed by atoms with Gasteiger partial charge in [0.1, 0.15) is 5.75 Å². The van der Waals surface area contributed by atoms with Crippen molar-refractivity contribution in [3.8, 4) is 5.75 Å². The van der Waals surface area contributed by atoms with Gasteiger partial charge in [-0.25, -0.2) is 0 Å². The number of nitrogens with one attached hydrogen (secondary N) is 2. The zero-order valence-corrected chi connectivity index (χ0v) is 10.0. The molecule has 0 spiro atoms. The first-order chi connectivity index (χ1) is 8.24. The van der Waals surface area contributed by atoms with E-state index >= 15 is 0 Å². The molecule has 1 heterocycles. The number of hydrogen-bond donors (Lipinski definition) is 2. The third-order valence-electron chi connectivity index (χ3n) is 2.69. The highest BCUT2D eigenvalue weighted by Gasteiger charge is 2.03. The van der Waals surface area contributed by atoms with E-state index in [2.05, 4.69) is 10.3 Å². The van der Waals surface area contributed by atoms with Gasteiger partial charge in [0.15, 0.2) is 0 Å². The predicted molar refractivity (Wildman–Crippen MR) is 68.5 cm³/mol. The van der Waals surface area contributed by atoms with Crippen LogP contribution in [0.3, 0.4) is 0 Å². The van der Waals surface area contributed by atoms with Gasteiger partial charge in [0.05, 0.1) is 7.11 Å². The molecule has 0 radical (unpaired) electrons. The van der Waals surface area contributed by atoms with Gasteiger partial charge in [0, 0.05) is 23.0 Å². The number of H-pyrrole nitrogens is 1. The molecule has 0 bridgehead atoms. The molecule has 1 aromatic carbocycles. The van der Waals surface area contributed by atoms with Crippen LogP contribution in [0.4, 0.5) is 0 Å². The van der Waals surface area contributed by atoms with Crippen LogP contribution < -0.4 is 15.6 Å². The van der Waals surface area contributed by atoms with Crippen molar-refractivity contribution in [1.82, 2.24) is 10.3 Å². The van der Waals surface area contributed by atoms with Gasteiger partial charge in [-0.15, -0.1) is 0 Å². The van der Waals surface area contributed by atoms with Crippen LogP contribution in [0.15, 0.2) is 29.1 Å². The van der Waals surface area contributed by atoms with Crippen LogP contribution in [0.2, 0.25) is 0 Å². The van der Waals surface area contributed by atoms with Crippen molar-refractivity contribution in [1.29, 1.82) is 0 Å². The second kappa shape index (κ2) is 5.01. The lowest BCUT2D eigenvalue weighted by atomic mass is 10.1. The van der Waals surface area contributed by atoms with Crippen LogP contribution >= 0.6 is 0 Å². The Hall–Kier alpha value is -1.81. The SMILES string of the molecule is CCNCc1cc2cc(OC)ccc2[nH]c1=O. The van der Waals surface area contributed by atoms with Gasteiger partial charge in [0.25, 0.3) is 5.56 Å². The molecular weight excluding hydrogens is 216 g/mol. The molecule has 4 heteroatoms. The Morgan fingerprint density at radius 2 is 2.18 bits per heavy atom. The van der Waals surface area contributed by atoms with E-state index in [0.717, 1.165) is 28.8 Å². The second-order valence-corrected chi connectivity index (χ2v) is 3.86. The summed E-state index contributed by atoms with van der Waals surface area (Å²) in [4.78, 5) is 14.6. The molecule has 17 heavy (non-hydrogen) atoms. The molecular formula is C13H16N2O2. The number of hydrogen-bond acceptors (Lipinski definition) is 3. The van der Waals surface area contributed by atoms with E-state index in [1.807, 2.05) is 31.2 Å². The number of benzene rings is 1. The number of aromatic amines is 1. The average Bonchev–Trinajstić information content (AvgIpc) is 2.35. The topological polar surface area (TPSA) is 54.1 Å². The van der Waals surface area contributed by atoms with Gasteiger partial charge in [-0.3, -0.25) is 4.79 Å². The van der Waals surface area contributed by atoms with E-state index in [-0.39, 0.29) is 5.56 Å². The monoisotopic (exact) mass is 232 g/mol. The molecule has 0 aliphatic rings. The Bertz CT molecular complexity index is 575. The minimum Gasteiger partial charge on any atom is -0.497 e. The summed E-state index contributed by atoms with van der Waals surface area (Å²) in [7, 11) is 1.63. The molecule has 90 valence electrons. The van der Waals surface area contributed by atoms with Crippen LogP contribution in [0.1, 0.15) is 12.5 Å². The van der Waals surface area contributed by atoms with Crippen molar-refractivity contribution in [2.24, 2.45) is 0 Å². The third kappa shape index (κ3) is 2.47. The summed E-state index contributed by atoms with van der Waals surface area (Å²) in [6.45, 7) is 3.44. The molecule has 2 aromatic rings. The lowest BCUT2D eigenvalue weighted by Gasteiger charge is -2.05. The van der Waals surface area contributed by atoms with Gasteiger partial charge >= 0.3 is 0 Å². The Morgan fingerprint density at radius 3 is 2.88 bits per heavy atom. The van der Waals surface area contributed by atoms with E-state index in [4.69, 9.17) is 4.74 Å². The van der Waals surface area contributed by atoms with Crippen molar-refractivity contribution in [3.63, 3.8) is 0 Å². The van der Waals surface area contributed by atoms with E-state index in [0.29, 0.717) is 6.54 Å². The van der Waals surface area contributed by atoms with E-state index in [9.17, 15) is 4.79 Å². The largest absolute Gasteiger partial charge is 0.497 e. The minimum atomic E-state index is -0.0383.